The summed E-state index contributed by atoms with van der Waals surface area (Å²) in [6, 6.07) is 0. The third kappa shape index (κ3) is 3.27. The van der Waals surface area contributed by atoms with Gasteiger partial charge < -0.3 is 9.80 Å². The van der Waals surface area contributed by atoms with Crippen molar-refractivity contribution in [2.45, 2.75) is 17.9 Å². The van der Waals surface area contributed by atoms with Gasteiger partial charge >= 0.3 is 0 Å². The summed E-state index contributed by atoms with van der Waals surface area (Å²) >= 11 is 3.97. The molecule has 3 aliphatic rings. The first-order valence-corrected chi connectivity index (χ1v) is 9.61. The average Bonchev–Trinajstić information content (AvgIpc) is 3.09. The highest BCUT2D eigenvalue weighted by molar-refractivity contribution is 8.20. The third-order valence-electron chi connectivity index (χ3n) is 4.06. The van der Waals surface area contributed by atoms with Gasteiger partial charge in [-0.3, -0.25) is 15.0 Å². The number of hydrogen-bond acceptors (Lipinski definition) is 7. The first-order valence-electron chi connectivity index (χ1n) is 7.52. The topological polar surface area (TPSA) is 52.9 Å². The van der Waals surface area contributed by atoms with Gasteiger partial charge in [0, 0.05) is 37.7 Å². The van der Waals surface area contributed by atoms with Crippen molar-refractivity contribution in [2.24, 2.45) is 0 Å². The van der Waals surface area contributed by atoms with Crippen LogP contribution in [0.15, 0.2) is 11.5 Å². The summed E-state index contributed by atoms with van der Waals surface area (Å²) in [6.07, 6.45) is 1.03. The van der Waals surface area contributed by atoms with Crippen LogP contribution < -0.4 is 0 Å². The smallest absolute Gasteiger partial charge is 0.300 e. The molecule has 3 heterocycles. The Kier molecular flexibility index (Phi) is 4.85. The predicted molar refractivity (Wildman–Crippen MR) is 87.7 cm³/mol. The van der Waals surface area contributed by atoms with Crippen molar-refractivity contribution in [3.8, 4) is 0 Å². The van der Waals surface area contributed by atoms with Gasteiger partial charge in [-0.25, -0.2) is 0 Å². The molecular formula is C13H22N4O2S2. The van der Waals surface area contributed by atoms with Gasteiger partial charge in [0.25, 0.3) is 5.70 Å². The number of fused-ring (bicyclic) bond motifs is 1. The first-order chi connectivity index (χ1) is 10.2. The molecule has 118 valence electrons. The lowest BCUT2D eigenvalue weighted by molar-refractivity contribution is -0.433. The van der Waals surface area contributed by atoms with E-state index in [4.69, 9.17) is 0 Å². The maximum absolute atomic E-state index is 11.5. The summed E-state index contributed by atoms with van der Waals surface area (Å²) in [4.78, 5) is 17.9. The molecule has 0 N–H and O–H groups in total. The highest BCUT2D eigenvalue weighted by Gasteiger charge is 2.40. The van der Waals surface area contributed by atoms with Crippen LogP contribution in [0.4, 0.5) is 0 Å². The Morgan fingerprint density at radius 1 is 1.33 bits per heavy atom. The zero-order chi connectivity index (χ0) is 14.8. The van der Waals surface area contributed by atoms with Crippen molar-refractivity contribution < 1.29 is 4.92 Å². The summed E-state index contributed by atoms with van der Waals surface area (Å²) in [7, 11) is 0. The Bertz CT molecular complexity index is 440. The van der Waals surface area contributed by atoms with E-state index in [1.165, 1.54) is 11.5 Å². The van der Waals surface area contributed by atoms with E-state index in [2.05, 4.69) is 21.6 Å². The molecule has 8 heteroatoms. The maximum Gasteiger partial charge on any atom is 0.300 e. The van der Waals surface area contributed by atoms with Gasteiger partial charge in [0.05, 0.1) is 22.7 Å². The Hall–Kier alpha value is -0.600. The quantitative estimate of drug-likeness (QED) is 0.560. The fraction of sp³-hybridized carbons (Fsp3) is 0.846. The molecular weight excluding hydrogens is 308 g/mol. The fourth-order valence-corrected chi connectivity index (χ4v) is 6.03. The first kappa shape index (κ1) is 15.3. The van der Waals surface area contributed by atoms with E-state index >= 15 is 0 Å². The van der Waals surface area contributed by atoms with Crippen LogP contribution in [0.2, 0.25) is 0 Å². The molecule has 3 aliphatic heterocycles. The minimum Gasteiger partial charge on any atom is -0.349 e. The van der Waals surface area contributed by atoms with E-state index in [1.807, 2.05) is 23.5 Å². The molecule has 21 heavy (non-hydrogen) atoms. The van der Waals surface area contributed by atoms with Crippen molar-refractivity contribution in [3.63, 3.8) is 0 Å². The van der Waals surface area contributed by atoms with Gasteiger partial charge in [-0.1, -0.05) is 6.92 Å². The van der Waals surface area contributed by atoms with Crippen LogP contribution in [0.5, 0.6) is 0 Å². The summed E-state index contributed by atoms with van der Waals surface area (Å²) in [6.45, 7) is 7.13. The second-order valence-corrected chi connectivity index (χ2v) is 8.52. The average molecular weight is 330 g/mol. The maximum atomic E-state index is 11.5. The van der Waals surface area contributed by atoms with Crippen molar-refractivity contribution in [3.05, 3.63) is 21.6 Å². The standard InChI is InChI=1S/C13H22N4O2S2/c1-2-3-14-8-11(17(18)19)13-15(4-5-16(13)10-14)9-12-20-6-7-21-12/h12H,2-10H2,1H3. The van der Waals surface area contributed by atoms with Crippen LogP contribution in [0.1, 0.15) is 13.3 Å². The summed E-state index contributed by atoms with van der Waals surface area (Å²) in [5.74, 6) is 3.30. The molecule has 6 nitrogen and oxygen atoms in total. The summed E-state index contributed by atoms with van der Waals surface area (Å²) < 4.78 is 0.569. The number of nitro groups is 1. The molecule has 0 radical (unpaired) electrons. The Labute approximate surface area is 134 Å². The second-order valence-electron chi connectivity index (χ2n) is 5.60. The van der Waals surface area contributed by atoms with Crippen molar-refractivity contribution in [1.29, 1.82) is 0 Å². The number of hydrogen-bond donors (Lipinski definition) is 0. The van der Waals surface area contributed by atoms with Crippen LogP contribution in [0, 0.1) is 10.1 Å². The van der Waals surface area contributed by atoms with E-state index in [0.717, 1.165) is 45.1 Å². The molecule has 0 amide bonds. The zero-order valence-corrected chi connectivity index (χ0v) is 14.0. The summed E-state index contributed by atoms with van der Waals surface area (Å²) in [5.41, 5.74) is 0.389. The second kappa shape index (κ2) is 6.66. The van der Waals surface area contributed by atoms with Crippen molar-refractivity contribution in [1.82, 2.24) is 14.7 Å². The minimum atomic E-state index is -0.169. The van der Waals surface area contributed by atoms with Crippen LogP contribution in [0.25, 0.3) is 0 Å². The normalized spacial score (nSPS) is 24.0. The number of rotatable bonds is 5. The SMILES string of the molecule is CCCN1CC([N+](=O)[O-])=C2N(CC3SCCS3)CCN2C1. The summed E-state index contributed by atoms with van der Waals surface area (Å²) in [5, 5.41) is 11.5. The van der Waals surface area contributed by atoms with E-state index in [0.29, 0.717) is 16.8 Å². The van der Waals surface area contributed by atoms with Crippen molar-refractivity contribution in [2.75, 3.05) is 50.9 Å². The van der Waals surface area contributed by atoms with Crippen LogP contribution >= 0.6 is 23.5 Å². The molecule has 0 atom stereocenters. The van der Waals surface area contributed by atoms with Crippen LogP contribution in [-0.2, 0) is 0 Å². The fourth-order valence-electron chi connectivity index (χ4n) is 3.21. The Morgan fingerprint density at radius 3 is 2.76 bits per heavy atom. The van der Waals surface area contributed by atoms with Gasteiger partial charge in [-0.2, -0.15) is 0 Å². The number of nitrogens with zero attached hydrogens (tertiary/aromatic N) is 4. The lowest BCUT2D eigenvalue weighted by Gasteiger charge is -2.34. The predicted octanol–water partition coefficient (Wildman–Crippen LogP) is 1.54. The van der Waals surface area contributed by atoms with Crippen LogP contribution in [0.3, 0.4) is 0 Å². The molecule has 0 unspecified atom stereocenters. The molecule has 0 aromatic heterocycles. The van der Waals surface area contributed by atoms with E-state index in [-0.39, 0.29) is 4.92 Å². The monoisotopic (exact) mass is 330 g/mol. The molecule has 0 bridgehead atoms. The highest BCUT2D eigenvalue weighted by atomic mass is 32.2. The molecule has 0 aliphatic carbocycles. The Morgan fingerprint density at radius 2 is 2.10 bits per heavy atom. The highest BCUT2D eigenvalue weighted by Crippen LogP contribution is 2.35. The van der Waals surface area contributed by atoms with E-state index < -0.39 is 0 Å². The molecule has 2 fully saturated rings. The molecule has 3 rings (SSSR count). The molecule has 0 aromatic carbocycles. The molecule has 0 aromatic rings. The van der Waals surface area contributed by atoms with Gasteiger partial charge in [-0.15, -0.1) is 23.5 Å². The molecule has 0 saturated carbocycles. The lowest BCUT2D eigenvalue weighted by Crippen LogP contribution is -2.45. The third-order valence-corrected chi connectivity index (χ3v) is 7.06. The van der Waals surface area contributed by atoms with Crippen molar-refractivity contribution >= 4 is 23.5 Å². The van der Waals surface area contributed by atoms with Gasteiger partial charge in [0.15, 0.2) is 5.82 Å². The van der Waals surface area contributed by atoms with Gasteiger partial charge in [0.2, 0.25) is 0 Å². The largest absolute Gasteiger partial charge is 0.349 e. The Balaban J connectivity index is 1.78. The molecule has 0 spiro atoms. The molecule has 2 saturated heterocycles. The lowest BCUT2D eigenvalue weighted by atomic mass is 10.3. The van der Waals surface area contributed by atoms with E-state index in [1.54, 1.807) is 0 Å². The minimum absolute atomic E-state index is 0.169. The zero-order valence-electron chi connectivity index (χ0n) is 12.4. The van der Waals surface area contributed by atoms with Crippen LogP contribution in [-0.4, -0.2) is 75.1 Å². The van der Waals surface area contributed by atoms with Gasteiger partial charge in [-0.05, 0) is 6.42 Å². The van der Waals surface area contributed by atoms with E-state index in [9.17, 15) is 10.1 Å². The van der Waals surface area contributed by atoms with Gasteiger partial charge in [0.1, 0.15) is 0 Å². The number of thioether (sulfide) groups is 2.